The molecule has 0 saturated heterocycles. The first-order chi connectivity index (χ1) is 4.76. The highest BCUT2D eigenvalue weighted by atomic mass is 15.1. The summed E-state index contributed by atoms with van der Waals surface area (Å²) in [6.45, 7) is 11.1. The Balaban J connectivity index is 4.67. The number of hydrogen-bond donors (Lipinski definition) is 0. The van der Waals surface area contributed by atoms with E-state index in [0.717, 1.165) is 0 Å². The molecule has 11 heavy (non-hydrogen) atoms. The van der Waals surface area contributed by atoms with Crippen LogP contribution in [0.5, 0.6) is 0 Å². The van der Waals surface area contributed by atoms with Gasteiger partial charge in [0.25, 0.3) is 0 Å². The molecule has 0 aliphatic carbocycles. The number of allylic oxidation sites excluding steroid dienone is 2. The second-order valence-corrected chi connectivity index (χ2v) is 4.35. The van der Waals surface area contributed by atoms with Crippen molar-refractivity contribution in [3.63, 3.8) is 0 Å². The molecule has 0 atom stereocenters. The third kappa shape index (κ3) is 2.96. The maximum absolute atomic E-state index is 2.25. The normalized spacial score (nSPS) is 14.5. The Hall–Kier alpha value is -0.460. The number of hydrogen-bond acceptors (Lipinski definition) is 1. The van der Waals surface area contributed by atoms with Crippen molar-refractivity contribution in [3.8, 4) is 0 Å². The Morgan fingerprint density at radius 1 is 1.00 bits per heavy atom. The van der Waals surface area contributed by atoms with Crippen LogP contribution in [0.1, 0.15) is 34.6 Å². The van der Waals surface area contributed by atoms with Crippen molar-refractivity contribution in [2.75, 3.05) is 14.1 Å². The highest BCUT2D eigenvalue weighted by Gasteiger charge is 2.15. The average Bonchev–Trinajstić information content (AvgIpc) is 1.82. The molecule has 0 spiro atoms. The van der Waals surface area contributed by atoms with Gasteiger partial charge in [-0.1, -0.05) is 20.8 Å². The first kappa shape index (κ1) is 10.5. The predicted molar refractivity (Wildman–Crippen MR) is 51.5 cm³/mol. The van der Waals surface area contributed by atoms with Gasteiger partial charge in [0, 0.05) is 19.8 Å². The van der Waals surface area contributed by atoms with Gasteiger partial charge in [0.2, 0.25) is 0 Å². The molecule has 0 N–H and O–H groups in total. The van der Waals surface area contributed by atoms with Crippen LogP contribution in [0.25, 0.3) is 0 Å². The van der Waals surface area contributed by atoms with Crippen molar-refractivity contribution in [3.05, 3.63) is 11.3 Å². The molecule has 0 aromatic carbocycles. The molecule has 1 heteroatoms. The third-order valence-electron chi connectivity index (χ3n) is 2.34. The highest BCUT2D eigenvalue weighted by Crippen LogP contribution is 2.27. The van der Waals surface area contributed by atoms with Gasteiger partial charge in [0.05, 0.1) is 0 Å². The summed E-state index contributed by atoms with van der Waals surface area (Å²) in [7, 11) is 4.18. The fraction of sp³-hybridized carbons (Fsp3) is 0.800. The van der Waals surface area contributed by atoms with E-state index in [-0.39, 0.29) is 0 Å². The maximum Gasteiger partial charge on any atom is 0.00903 e. The second kappa shape index (κ2) is 3.29. The van der Waals surface area contributed by atoms with Crippen molar-refractivity contribution in [1.82, 2.24) is 4.90 Å². The van der Waals surface area contributed by atoms with Gasteiger partial charge >= 0.3 is 0 Å². The SMILES string of the molecule is C/C(=C(/C)C(C)(C)C)N(C)C. The van der Waals surface area contributed by atoms with Crippen molar-refractivity contribution in [2.24, 2.45) is 5.41 Å². The van der Waals surface area contributed by atoms with E-state index in [2.05, 4.69) is 53.6 Å². The minimum absolute atomic E-state index is 0.300. The van der Waals surface area contributed by atoms with Gasteiger partial charge in [-0.15, -0.1) is 0 Å². The largest absolute Gasteiger partial charge is 0.381 e. The van der Waals surface area contributed by atoms with Crippen LogP contribution in [-0.2, 0) is 0 Å². The van der Waals surface area contributed by atoms with E-state index < -0.39 is 0 Å². The molecular formula is C10H21N. The van der Waals surface area contributed by atoms with Crippen LogP contribution in [0.3, 0.4) is 0 Å². The van der Waals surface area contributed by atoms with Crippen LogP contribution in [0.2, 0.25) is 0 Å². The minimum Gasteiger partial charge on any atom is -0.381 e. The molecule has 0 aromatic heterocycles. The van der Waals surface area contributed by atoms with Gasteiger partial charge in [-0.05, 0) is 24.8 Å². The summed E-state index contributed by atoms with van der Waals surface area (Å²) in [5.41, 5.74) is 3.13. The third-order valence-corrected chi connectivity index (χ3v) is 2.34. The standard InChI is InChI=1S/C10H21N/c1-8(10(3,4)5)9(2)11(6)7/h1-7H3/b9-8+. The van der Waals surface area contributed by atoms with Crippen LogP contribution >= 0.6 is 0 Å². The van der Waals surface area contributed by atoms with Gasteiger partial charge in [-0.2, -0.15) is 0 Å². The minimum atomic E-state index is 0.300. The van der Waals surface area contributed by atoms with Crippen molar-refractivity contribution in [1.29, 1.82) is 0 Å². The Kier molecular flexibility index (Phi) is 3.15. The lowest BCUT2D eigenvalue weighted by atomic mass is 9.86. The fourth-order valence-corrected chi connectivity index (χ4v) is 0.878. The second-order valence-electron chi connectivity index (χ2n) is 4.35. The highest BCUT2D eigenvalue weighted by molar-refractivity contribution is 5.14. The molecule has 0 amide bonds. The van der Waals surface area contributed by atoms with Crippen LogP contribution in [0, 0.1) is 5.41 Å². The monoisotopic (exact) mass is 155 g/mol. The quantitative estimate of drug-likeness (QED) is 0.563. The Morgan fingerprint density at radius 3 is 1.45 bits per heavy atom. The summed E-state index contributed by atoms with van der Waals surface area (Å²) in [4.78, 5) is 2.17. The summed E-state index contributed by atoms with van der Waals surface area (Å²) in [6.07, 6.45) is 0. The van der Waals surface area contributed by atoms with Crippen LogP contribution in [-0.4, -0.2) is 19.0 Å². The van der Waals surface area contributed by atoms with E-state index in [4.69, 9.17) is 0 Å². The predicted octanol–water partition coefficient (Wildman–Crippen LogP) is 2.89. The van der Waals surface area contributed by atoms with E-state index in [1.54, 1.807) is 0 Å². The van der Waals surface area contributed by atoms with Crippen molar-refractivity contribution in [2.45, 2.75) is 34.6 Å². The molecule has 0 bridgehead atoms. The Morgan fingerprint density at radius 2 is 1.36 bits per heavy atom. The summed E-state index contributed by atoms with van der Waals surface area (Å²) in [5.74, 6) is 0. The van der Waals surface area contributed by atoms with Gasteiger partial charge in [0.1, 0.15) is 0 Å². The lowest BCUT2D eigenvalue weighted by molar-refractivity contribution is 0.444. The maximum atomic E-state index is 2.25. The van der Waals surface area contributed by atoms with Crippen LogP contribution in [0.4, 0.5) is 0 Å². The Labute approximate surface area is 71.1 Å². The van der Waals surface area contributed by atoms with Crippen LogP contribution < -0.4 is 0 Å². The van der Waals surface area contributed by atoms with E-state index >= 15 is 0 Å². The topological polar surface area (TPSA) is 3.24 Å². The molecular weight excluding hydrogens is 134 g/mol. The van der Waals surface area contributed by atoms with Crippen molar-refractivity contribution < 1.29 is 0 Å². The molecule has 0 heterocycles. The first-order valence-corrected chi connectivity index (χ1v) is 4.12. The lowest BCUT2D eigenvalue weighted by Gasteiger charge is -2.26. The summed E-state index contributed by atoms with van der Waals surface area (Å²) < 4.78 is 0. The molecule has 66 valence electrons. The van der Waals surface area contributed by atoms with E-state index in [9.17, 15) is 0 Å². The molecule has 0 aliphatic heterocycles. The van der Waals surface area contributed by atoms with Crippen LogP contribution in [0.15, 0.2) is 11.3 Å². The average molecular weight is 155 g/mol. The zero-order valence-corrected chi connectivity index (χ0v) is 8.95. The fourth-order valence-electron chi connectivity index (χ4n) is 0.878. The van der Waals surface area contributed by atoms with E-state index in [1.807, 2.05) is 0 Å². The first-order valence-electron chi connectivity index (χ1n) is 4.12. The molecule has 0 aromatic rings. The molecule has 0 radical (unpaired) electrons. The molecule has 1 nitrogen and oxygen atoms in total. The zero-order valence-electron chi connectivity index (χ0n) is 8.95. The molecule has 0 unspecified atom stereocenters. The van der Waals surface area contributed by atoms with Gasteiger partial charge in [-0.25, -0.2) is 0 Å². The lowest BCUT2D eigenvalue weighted by Crippen LogP contribution is -2.16. The molecule has 0 rings (SSSR count). The van der Waals surface area contributed by atoms with E-state index in [1.165, 1.54) is 11.3 Å². The van der Waals surface area contributed by atoms with E-state index in [0.29, 0.717) is 5.41 Å². The van der Waals surface area contributed by atoms with Crippen molar-refractivity contribution >= 4 is 0 Å². The zero-order chi connectivity index (χ0) is 9.23. The molecule has 0 fully saturated rings. The summed E-state index contributed by atoms with van der Waals surface area (Å²) >= 11 is 0. The smallest absolute Gasteiger partial charge is 0.00903 e. The van der Waals surface area contributed by atoms with Gasteiger partial charge < -0.3 is 4.90 Å². The summed E-state index contributed by atoms with van der Waals surface area (Å²) in [5, 5.41) is 0. The van der Waals surface area contributed by atoms with Gasteiger partial charge in [0.15, 0.2) is 0 Å². The van der Waals surface area contributed by atoms with Gasteiger partial charge in [-0.3, -0.25) is 0 Å². The Bertz CT molecular complexity index is 158. The molecule has 0 aliphatic rings. The summed E-state index contributed by atoms with van der Waals surface area (Å²) in [6, 6.07) is 0. The molecule has 0 saturated carbocycles. The number of rotatable bonds is 1. The number of nitrogens with zero attached hydrogens (tertiary/aromatic N) is 1.